The molecule has 2 aromatic heterocycles. The molecule has 3 rings (SSSR count). The van der Waals surface area contributed by atoms with E-state index >= 15 is 0 Å². The molecule has 1 aromatic carbocycles. The number of para-hydroxylation sites is 1. The number of hydrogen-bond donors (Lipinski definition) is 0. The van der Waals surface area contributed by atoms with Gasteiger partial charge in [0.15, 0.2) is 0 Å². The fourth-order valence-electron chi connectivity index (χ4n) is 2.53. The van der Waals surface area contributed by atoms with Gasteiger partial charge in [0.1, 0.15) is 23.3 Å². The summed E-state index contributed by atoms with van der Waals surface area (Å²) in [6, 6.07) is 6.17. The number of aryl methyl sites for hydroxylation is 1. The zero-order chi connectivity index (χ0) is 16.4. The number of hydrogen-bond acceptors (Lipinski definition) is 6. The highest BCUT2D eigenvalue weighted by atomic mass is 32.1. The van der Waals surface area contributed by atoms with Crippen molar-refractivity contribution < 1.29 is 4.74 Å². The Hall–Kier alpha value is -2.05. The molecule has 0 fully saturated rings. The van der Waals surface area contributed by atoms with Gasteiger partial charge in [0.2, 0.25) is 0 Å². The number of benzene rings is 1. The molecule has 0 aliphatic heterocycles. The summed E-state index contributed by atoms with van der Waals surface area (Å²) in [5.74, 6) is 0.924. The van der Waals surface area contributed by atoms with Gasteiger partial charge in [-0.1, -0.05) is 12.1 Å². The largest absolute Gasteiger partial charge is 0.375 e. The molecule has 0 aliphatic rings. The topological polar surface area (TPSA) is 51.1 Å². The van der Waals surface area contributed by atoms with Crippen molar-refractivity contribution in [1.82, 2.24) is 15.0 Å². The van der Waals surface area contributed by atoms with Gasteiger partial charge < -0.3 is 9.64 Å². The molecule has 5 nitrogen and oxygen atoms in total. The van der Waals surface area contributed by atoms with Crippen LogP contribution in [0.25, 0.3) is 10.9 Å². The quantitative estimate of drug-likeness (QED) is 0.714. The third-order valence-corrected chi connectivity index (χ3v) is 4.93. The smallest absolute Gasteiger partial charge is 0.139 e. The van der Waals surface area contributed by atoms with Crippen LogP contribution in [-0.2, 0) is 11.3 Å². The minimum Gasteiger partial charge on any atom is -0.375 e. The second kappa shape index (κ2) is 6.60. The Kier molecular flexibility index (Phi) is 4.54. The molecule has 0 amide bonds. The lowest BCUT2D eigenvalue weighted by Crippen LogP contribution is -2.18. The summed E-state index contributed by atoms with van der Waals surface area (Å²) in [6.07, 6.45) is 1.65. The van der Waals surface area contributed by atoms with Crippen molar-refractivity contribution in [1.29, 1.82) is 0 Å². The van der Waals surface area contributed by atoms with Gasteiger partial charge in [0.05, 0.1) is 17.8 Å². The van der Waals surface area contributed by atoms with Crippen molar-refractivity contribution in [3.8, 4) is 0 Å². The van der Waals surface area contributed by atoms with Crippen molar-refractivity contribution in [3.05, 3.63) is 46.2 Å². The van der Waals surface area contributed by atoms with Crippen molar-refractivity contribution in [2.24, 2.45) is 0 Å². The average Bonchev–Trinajstić information content (AvgIpc) is 3.02. The summed E-state index contributed by atoms with van der Waals surface area (Å²) >= 11 is 1.63. The number of aromatic nitrogens is 3. The van der Waals surface area contributed by atoms with Crippen LogP contribution >= 0.6 is 11.3 Å². The van der Waals surface area contributed by atoms with Crippen LogP contribution in [-0.4, -0.2) is 29.1 Å². The van der Waals surface area contributed by atoms with Crippen LogP contribution in [0.15, 0.2) is 29.9 Å². The van der Waals surface area contributed by atoms with Gasteiger partial charge in [-0.2, -0.15) is 0 Å². The van der Waals surface area contributed by atoms with E-state index < -0.39 is 0 Å². The molecule has 0 bridgehead atoms. The maximum absolute atomic E-state index is 5.32. The van der Waals surface area contributed by atoms with Gasteiger partial charge in [-0.05, 0) is 25.5 Å². The molecule has 0 radical (unpaired) electrons. The summed E-state index contributed by atoms with van der Waals surface area (Å²) in [6.45, 7) is 4.78. The first-order valence-corrected chi connectivity index (χ1v) is 8.36. The predicted octanol–water partition coefficient (Wildman–Crippen LogP) is 3.74. The Balaban J connectivity index is 1.88. The fourth-order valence-corrected chi connectivity index (χ4v) is 3.37. The minimum absolute atomic E-state index is 0.0292. The Morgan fingerprint density at radius 3 is 2.91 bits per heavy atom. The number of fused-ring (bicyclic) bond motifs is 1. The van der Waals surface area contributed by atoms with E-state index in [0.29, 0.717) is 6.54 Å². The summed E-state index contributed by atoms with van der Waals surface area (Å²) < 4.78 is 5.32. The van der Waals surface area contributed by atoms with Gasteiger partial charge in [-0.15, -0.1) is 11.3 Å². The third kappa shape index (κ3) is 3.18. The molecule has 6 heteroatoms. The van der Waals surface area contributed by atoms with Crippen molar-refractivity contribution in [2.75, 3.05) is 19.1 Å². The highest BCUT2D eigenvalue weighted by Gasteiger charge is 2.13. The van der Waals surface area contributed by atoms with Crippen LogP contribution in [0, 0.1) is 6.92 Å². The van der Waals surface area contributed by atoms with Crippen LogP contribution in [0.2, 0.25) is 0 Å². The molecule has 3 aromatic rings. The second-order valence-corrected chi connectivity index (χ2v) is 6.47. The highest BCUT2D eigenvalue weighted by Crippen LogP contribution is 2.26. The van der Waals surface area contributed by atoms with Gasteiger partial charge in [-0.25, -0.2) is 15.0 Å². The Morgan fingerprint density at radius 2 is 2.13 bits per heavy atom. The molecule has 0 saturated heterocycles. The molecular formula is C17H20N4OS. The SMILES string of the molecule is CO[C@H](C)c1nc(CN(C)c2ncnc3c(C)cccc23)cs1. The molecule has 23 heavy (non-hydrogen) atoms. The minimum atomic E-state index is 0.0292. The van der Waals surface area contributed by atoms with Gasteiger partial charge in [-0.3, -0.25) is 0 Å². The van der Waals surface area contributed by atoms with E-state index in [0.717, 1.165) is 33.0 Å². The molecule has 120 valence electrons. The Bertz CT molecular complexity index is 817. The lowest BCUT2D eigenvalue weighted by atomic mass is 10.1. The van der Waals surface area contributed by atoms with Gasteiger partial charge in [0, 0.05) is 24.9 Å². The van der Waals surface area contributed by atoms with Crippen LogP contribution < -0.4 is 4.90 Å². The van der Waals surface area contributed by atoms with E-state index in [4.69, 9.17) is 4.74 Å². The zero-order valence-corrected chi connectivity index (χ0v) is 14.6. The lowest BCUT2D eigenvalue weighted by Gasteiger charge is -2.18. The molecule has 0 aliphatic carbocycles. The first kappa shape index (κ1) is 15.8. The molecule has 1 atom stereocenters. The van der Waals surface area contributed by atoms with Crippen LogP contribution in [0.1, 0.15) is 29.3 Å². The number of anilines is 1. The maximum atomic E-state index is 5.32. The van der Waals surface area contributed by atoms with Crippen LogP contribution in [0.4, 0.5) is 5.82 Å². The van der Waals surface area contributed by atoms with Crippen molar-refractivity contribution in [3.63, 3.8) is 0 Å². The monoisotopic (exact) mass is 328 g/mol. The van der Waals surface area contributed by atoms with E-state index in [9.17, 15) is 0 Å². The average molecular weight is 328 g/mol. The lowest BCUT2D eigenvalue weighted by molar-refractivity contribution is 0.119. The molecule has 0 spiro atoms. The molecule has 0 saturated carbocycles. The van der Waals surface area contributed by atoms with Crippen LogP contribution in [0.5, 0.6) is 0 Å². The Labute approximate surface area is 140 Å². The van der Waals surface area contributed by atoms with Crippen molar-refractivity contribution in [2.45, 2.75) is 26.5 Å². The molecule has 0 N–H and O–H groups in total. The number of nitrogens with zero attached hydrogens (tertiary/aromatic N) is 4. The summed E-state index contributed by atoms with van der Waals surface area (Å²) in [7, 11) is 3.73. The molecular weight excluding hydrogens is 308 g/mol. The van der Waals surface area contributed by atoms with Crippen molar-refractivity contribution >= 4 is 28.1 Å². The molecule has 0 unspecified atom stereocenters. The number of thiazole rings is 1. The predicted molar refractivity (Wildman–Crippen MR) is 93.9 cm³/mol. The van der Waals surface area contributed by atoms with E-state index in [2.05, 4.69) is 44.3 Å². The third-order valence-electron chi connectivity index (χ3n) is 3.88. The first-order chi connectivity index (χ1) is 11.1. The zero-order valence-electron chi connectivity index (χ0n) is 13.8. The highest BCUT2D eigenvalue weighted by molar-refractivity contribution is 7.09. The number of rotatable bonds is 5. The second-order valence-electron chi connectivity index (χ2n) is 5.58. The van der Waals surface area contributed by atoms with Gasteiger partial charge in [0.25, 0.3) is 0 Å². The number of ether oxygens (including phenoxy) is 1. The van der Waals surface area contributed by atoms with E-state index in [1.54, 1.807) is 24.8 Å². The molecule has 2 heterocycles. The van der Waals surface area contributed by atoms with E-state index in [-0.39, 0.29) is 6.10 Å². The van der Waals surface area contributed by atoms with Gasteiger partial charge >= 0.3 is 0 Å². The van der Waals surface area contributed by atoms with Crippen LogP contribution in [0.3, 0.4) is 0 Å². The maximum Gasteiger partial charge on any atom is 0.139 e. The summed E-state index contributed by atoms with van der Waals surface area (Å²) in [5, 5.41) is 4.14. The fraction of sp³-hybridized carbons (Fsp3) is 0.353. The summed E-state index contributed by atoms with van der Waals surface area (Å²) in [5.41, 5.74) is 3.18. The Morgan fingerprint density at radius 1 is 1.30 bits per heavy atom. The standard InChI is InChI=1S/C17H20N4OS/c1-11-6-5-7-14-15(11)18-10-19-16(14)21(3)8-13-9-23-17(20-13)12(2)22-4/h5-7,9-10,12H,8H2,1-4H3/t12-/m1/s1. The number of methoxy groups -OCH3 is 1. The first-order valence-electron chi connectivity index (χ1n) is 7.48. The summed E-state index contributed by atoms with van der Waals surface area (Å²) in [4.78, 5) is 15.6. The normalized spacial score (nSPS) is 12.5. The van der Waals surface area contributed by atoms with E-state index in [1.807, 2.05) is 20.0 Å². The van der Waals surface area contributed by atoms with E-state index in [1.165, 1.54) is 0 Å².